The topological polar surface area (TPSA) is 132 Å². The highest BCUT2D eigenvalue weighted by atomic mass is 16.3. The van der Waals surface area contributed by atoms with Crippen LogP contribution in [0.1, 0.15) is 0 Å². The third-order valence-corrected chi connectivity index (χ3v) is 27.1. The SMILES string of the molecule is c1ccc(-c2cc(-c3ccc(-n4c5ccccc5c5c6ccccc6c6c7ccccc7oc6c54)cc3)cc(-c3ccccc3)n2)cc1.c1ccc(-c2cc(-c3ccccc3)nc(-c3ccc(-n4c5ccccc5c5c6ccccc6c6c7ccccc7oc6c54)cc3)n2)cc1.c1cncc(-c2cc(-n3c4ccccc4c4c5ccccc5c5c6ccccc6oc5c43)cc(-c3cccnc3)n2)c1. The van der Waals surface area contributed by atoms with E-state index >= 15 is 0 Å². The van der Waals surface area contributed by atoms with E-state index in [9.17, 15) is 0 Å². The summed E-state index contributed by atoms with van der Waals surface area (Å²) in [6, 6.07) is 155. The largest absolute Gasteiger partial charge is 0.454 e. The van der Waals surface area contributed by atoms with Gasteiger partial charge in [-0.05, 0) is 171 Å². The molecule has 0 radical (unpaired) electrons. The van der Waals surface area contributed by atoms with Crippen LogP contribution in [0.15, 0.2) is 481 Å². The van der Waals surface area contributed by atoms with Crippen molar-refractivity contribution in [2.24, 2.45) is 0 Å². The van der Waals surface area contributed by atoms with Crippen molar-refractivity contribution < 1.29 is 13.3 Å². The normalized spacial score (nSPS) is 11.8. The molecule has 29 rings (SSSR count). The van der Waals surface area contributed by atoms with Gasteiger partial charge in [0.05, 0.1) is 73.0 Å². The third kappa shape index (κ3) is 13.1. The van der Waals surface area contributed by atoms with Crippen LogP contribution in [0.25, 0.3) is 271 Å². The summed E-state index contributed by atoms with van der Waals surface area (Å²) < 4.78 is 27.3. The second-order valence-corrected chi connectivity index (χ2v) is 35.0. The van der Waals surface area contributed by atoms with Crippen molar-refractivity contribution in [3.05, 3.63) is 468 Å². The standard InChI is InChI=1S/C45H28N2O.C44H27N3O.C37H22N4O/c1-3-13-30(14-4-1)38-27-32(28-39(46-38)31-15-5-2-6-16-31)29-23-25-33(26-24-29)47-40-21-11-9-19-36(40)42-34-17-7-8-18-35(34)43-37-20-10-12-22-41(37)48-45(43)44(42)47;1-3-13-28(14-4-1)36-27-37(29-15-5-2-6-16-29)46-44(45-36)30-23-25-31(26-24-30)47-38-21-11-9-19-34(38)40-32-17-7-8-18-33(32)41-35-20-10-12-22-39(35)48-43(41)42(40)47;1-2-12-27-26(11-1)34-28-13-3-5-15-32(28)41(36(34)37-35(27)29-14-4-6-16-33(29)42-37)25-19-30(23-9-7-17-38-21-23)40-31(20-25)24-10-8-18-39-22-24/h1-28H;1-27H;1-22H. The van der Waals surface area contributed by atoms with Gasteiger partial charge in [-0.1, -0.05) is 315 Å². The lowest BCUT2D eigenvalue weighted by atomic mass is 9.98. The molecule has 0 N–H and O–H groups in total. The van der Waals surface area contributed by atoms with E-state index in [1.165, 1.54) is 64.6 Å². The van der Waals surface area contributed by atoms with Crippen LogP contribution in [0.3, 0.4) is 0 Å². The summed E-state index contributed by atoms with van der Waals surface area (Å²) in [5.74, 6) is 0.689. The lowest BCUT2D eigenvalue weighted by Crippen LogP contribution is -1.99. The average Bonchev–Trinajstić information content (AvgIpc) is 1.55. The number of fused-ring (bicyclic) bond motifs is 30. The molecule has 0 atom stereocenters. The second kappa shape index (κ2) is 32.6. The highest BCUT2D eigenvalue weighted by molar-refractivity contribution is 6.38. The van der Waals surface area contributed by atoms with Crippen molar-refractivity contribution in [2.75, 3.05) is 0 Å². The molecule has 0 spiro atoms. The van der Waals surface area contributed by atoms with E-state index in [1.807, 2.05) is 103 Å². The van der Waals surface area contributed by atoms with Crippen LogP contribution in [0.5, 0.6) is 0 Å². The van der Waals surface area contributed by atoms with E-state index in [4.69, 9.17) is 33.2 Å². The molecule has 11 aromatic heterocycles. The van der Waals surface area contributed by atoms with Crippen LogP contribution >= 0.6 is 0 Å². The molecule has 29 aromatic rings. The van der Waals surface area contributed by atoms with Gasteiger partial charge in [0, 0.05) is 140 Å². The van der Waals surface area contributed by atoms with Crippen molar-refractivity contribution in [2.45, 2.75) is 0 Å². The molecule has 11 heterocycles. The van der Waals surface area contributed by atoms with Gasteiger partial charge in [-0.15, -0.1) is 0 Å². The summed E-state index contributed by atoms with van der Waals surface area (Å²) >= 11 is 0. The Balaban J connectivity index is 0.000000105. The van der Waals surface area contributed by atoms with Crippen LogP contribution in [-0.4, -0.2) is 43.6 Å². The molecule has 0 fully saturated rings. The van der Waals surface area contributed by atoms with Gasteiger partial charge in [-0.3, -0.25) is 9.97 Å². The Morgan fingerprint density at radius 3 is 0.775 bits per heavy atom. The molecule has 0 aliphatic heterocycles. The summed E-state index contributed by atoms with van der Waals surface area (Å²) in [5.41, 5.74) is 29.9. The number of rotatable bonds is 11. The number of nitrogens with zero attached hydrogens (tertiary/aromatic N) is 9. The smallest absolute Gasteiger partial charge is 0.160 e. The summed E-state index contributed by atoms with van der Waals surface area (Å²) in [5, 5.41) is 21.3. The zero-order valence-corrected chi connectivity index (χ0v) is 74.2. The van der Waals surface area contributed by atoms with E-state index in [1.54, 1.807) is 12.4 Å². The molecule has 18 aromatic carbocycles. The van der Waals surface area contributed by atoms with Crippen LogP contribution in [0, 0.1) is 0 Å². The fraction of sp³-hybridized carbons (Fsp3) is 0. The van der Waals surface area contributed by atoms with Crippen molar-refractivity contribution in [1.29, 1.82) is 0 Å². The first-order chi connectivity index (χ1) is 68.5. The summed E-state index contributed by atoms with van der Waals surface area (Å²) in [6.45, 7) is 0. The molecular weight excluding hydrogens is 1690 g/mol. The Hall–Kier alpha value is -18.8. The Morgan fingerprint density at radius 2 is 0.442 bits per heavy atom. The van der Waals surface area contributed by atoms with E-state index in [-0.39, 0.29) is 0 Å². The molecule has 0 aliphatic carbocycles. The Kier molecular flexibility index (Phi) is 18.7. The third-order valence-electron chi connectivity index (χ3n) is 27.1. The molecule has 0 bridgehead atoms. The number of hydrogen-bond acceptors (Lipinski definition) is 9. The maximum atomic E-state index is 6.74. The van der Waals surface area contributed by atoms with Gasteiger partial charge < -0.3 is 27.0 Å². The zero-order chi connectivity index (χ0) is 90.8. The highest BCUT2D eigenvalue weighted by Gasteiger charge is 2.29. The number of benzene rings is 18. The Bertz CT molecular complexity index is 9320. The minimum Gasteiger partial charge on any atom is -0.454 e. The first-order valence-corrected chi connectivity index (χ1v) is 46.4. The minimum atomic E-state index is 0.689. The molecule has 0 amide bonds. The van der Waals surface area contributed by atoms with E-state index in [0.717, 1.165) is 200 Å². The van der Waals surface area contributed by atoms with Crippen LogP contribution in [-0.2, 0) is 0 Å². The monoisotopic (exact) mass is 1760 g/mol. The molecule has 12 nitrogen and oxygen atoms in total. The Labute approximate surface area is 789 Å². The quantitative estimate of drug-likeness (QED) is 0.124. The zero-order valence-electron chi connectivity index (χ0n) is 74.2. The van der Waals surface area contributed by atoms with Gasteiger partial charge in [0.2, 0.25) is 0 Å². The van der Waals surface area contributed by atoms with E-state index < -0.39 is 0 Å². The van der Waals surface area contributed by atoms with Crippen LogP contribution < -0.4 is 0 Å². The van der Waals surface area contributed by atoms with Gasteiger partial charge in [0.25, 0.3) is 0 Å². The maximum Gasteiger partial charge on any atom is 0.160 e. The maximum absolute atomic E-state index is 6.74. The van der Waals surface area contributed by atoms with Crippen molar-refractivity contribution in [1.82, 2.24) is 43.6 Å². The van der Waals surface area contributed by atoms with Gasteiger partial charge in [-0.2, -0.15) is 0 Å². The van der Waals surface area contributed by atoms with Gasteiger partial charge in [0.1, 0.15) is 16.7 Å². The molecular formula is C126H77N9O3. The fourth-order valence-electron chi connectivity index (χ4n) is 21.0. The van der Waals surface area contributed by atoms with Crippen LogP contribution in [0.4, 0.5) is 0 Å². The summed E-state index contributed by atoms with van der Waals surface area (Å²) in [7, 11) is 0. The summed E-state index contributed by atoms with van der Waals surface area (Å²) in [4.78, 5) is 29.0. The lowest BCUT2D eigenvalue weighted by molar-refractivity contribution is 0.671. The predicted octanol–water partition coefficient (Wildman–Crippen LogP) is 33.2. The van der Waals surface area contributed by atoms with Gasteiger partial charge >= 0.3 is 0 Å². The van der Waals surface area contributed by atoms with E-state index in [0.29, 0.717) is 5.82 Å². The van der Waals surface area contributed by atoms with Crippen molar-refractivity contribution in [3.63, 3.8) is 0 Å². The van der Waals surface area contributed by atoms with Gasteiger partial charge in [0.15, 0.2) is 22.6 Å². The number of pyridine rings is 4. The summed E-state index contributed by atoms with van der Waals surface area (Å²) in [6.07, 6.45) is 7.28. The second-order valence-electron chi connectivity index (χ2n) is 35.0. The van der Waals surface area contributed by atoms with Crippen molar-refractivity contribution >= 4 is 164 Å². The predicted molar refractivity (Wildman–Crippen MR) is 567 cm³/mol. The highest BCUT2D eigenvalue weighted by Crippen LogP contribution is 2.51. The van der Waals surface area contributed by atoms with Crippen molar-refractivity contribution in [3.8, 4) is 107 Å². The minimum absolute atomic E-state index is 0.689. The molecule has 138 heavy (non-hydrogen) atoms. The molecule has 12 heteroatoms. The van der Waals surface area contributed by atoms with Crippen LogP contribution in [0.2, 0.25) is 0 Å². The van der Waals surface area contributed by atoms with Gasteiger partial charge in [-0.25, -0.2) is 19.9 Å². The molecule has 0 unspecified atom stereocenters. The molecule has 0 saturated heterocycles. The van der Waals surface area contributed by atoms with E-state index in [2.05, 4.69) is 376 Å². The molecule has 644 valence electrons. The number of para-hydroxylation sites is 6. The number of hydrogen-bond donors (Lipinski definition) is 0. The lowest BCUT2D eigenvalue weighted by Gasteiger charge is -2.13. The first-order valence-electron chi connectivity index (χ1n) is 46.4. The fourth-order valence-corrected chi connectivity index (χ4v) is 21.0. The first kappa shape index (κ1) is 79.0. The average molecular weight is 1770 g/mol. The number of furan rings is 3. The number of aromatic nitrogens is 9. The molecule has 0 aliphatic rings. The molecule has 0 saturated carbocycles. The Morgan fingerprint density at radius 1 is 0.174 bits per heavy atom.